The second kappa shape index (κ2) is 6.79. The van der Waals surface area contributed by atoms with E-state index in [1.165, 1.54) is 12.8 Å². The first-order valence-electron chi connectivity index (χ1n) is 7.15. The van der Waals surface area contributed by atoms with E-state index in [4.69, 9.17) is 4.74 Å². The van der Waals surface area contributed by atoms with Crippen LogP contribution in [0, 0.1) is 11.8 Å². The van der Waals surface area contributed by atoms with E-state index in [1.807, 2.05) is 30.3 Å². The second-order valence-electron chi connectivity index (χ2n) is 5.36. The van der Waals surface area contributed by atoms with Crippen LogP contribution in [0.25, 0.3) is 0 Å². The molecular weight excluding hydrogens is 224 g/mol. The molecule has 18 heavy (non-hydrogen) atoms. The highest BCUT2D eigenvalue weighted by atomic mass is 16.5. The van der Waals surface area contributed by atoms with Crippen molar-refractivity contribution in [3.05, 3.63) is 30.3 Å². The van der Waals surface area contributed by atoms with Crippen LogP contribution >= 0.6 is 0 Å². The molecule has 3 atom stereocenters. The molecule has 3 unspecified atom stereocenters. The Bertz CT molecular complexity index is 336. The Morgan fingerprint density at radius 3 is 2.72 bits per heavy atom. The van der Waals surface area contributed by atoms with Gasteiger partial charge in [-0.1, -0.05) is 31.5 Å². The van der Waals surface area contributed by atoms with Crippen molar-refractivity contribution in [2.24, 2.45) is 11.8 Å². The zero-order valence-electron chi connectivity index (χ0n) is 11.2. The van der Waals surface area contributed by atoms with E-state index in [1.54, 1.807) is 0 Å². The van der Waals surface area contributed by atoms with Gasteiger partial charge in [0.05, 0.1) is 12.7 Å². The highest BCUT2D eigenvalue weighted by molar-refractivity contribution is 5.20. The predicted molar refractivity (Wildman–Crippen MR) is 73.7 cm³/mol. The number of aliphatic hydroxyl groups excluding tert-OH is 1. The number of para-hydroxylation sites is 1. The van der Waals surface area contributed by atoms with Gasteiger partial charge in [0.1, 0.15) is 5.75 Å². The first-order chi connectivity index (χ1) is 8.79. The lowest BCUT2D eigenvalue weighted by atomic mass is 9.77. The summed E-state index contributed by atoms with van der Waals surface area (Å²) in [4.78, 5) is 0. The molecule has 0 saturated heterocycles. The third-order valence-corrected chi connectivity index (χ3v) is 4.13. The first-order valence-corrected chi connectivity index (χ1v) is 7.15. The van der Waals surface area contributed by atoms with Gasteiger partial charge in [-0.2, -0.15) is 0 Å². The molecule has 1 aromatic carbocycles. The van der Waals surface area contributed by atoms with E-state index in [2.05, 4.69) is 6.92 Å². The molecule has 0 radical (unpaired) electrons. The zero-order valence-corrected chi connectivity index (χ0v) is 11.2. The summed E-state index contributed by atoms with van der Waals surface area (Å²) >= 11 is 0. The molecule has 0 amide bonds. The number of benzene rings is 1. The Labute approximate surface area is 110 Å². The maximum Gasteiger partial charge on any atom is 0.119 e. The number of rotatable bonds is 5. The Morgan fingerprint density at radius 2 is 2.00 bits per heavy atom. The van der Waals surface area contributed by atoms with Gasteiger partial charge in [-0.05, 0) is 49.7 Å². The monoisotopic (exact) mass is 248 g/mol. The summed E-state index contributed by atoms with van der Waals surface area (Å²) in [5, 5.41) is 10.0. The maximum absolute atomic E-state index is 10.0. The van der Waals surface area contributed by atoms with E-state index in [-0.39, 0.29) is 6.10 Å². The lowest BCUT2D eigenvalue weighted by Crippen LogP contribution is -2.30. The summed E-state index contributed by atoms with van der Waals surface area (Å²) in [6.07, 6.45) is 5.40. The van der Waals surface area contributed by atoms with Crippen molar-refractivity contribution in [2.45, 2.75) is 45.1 Å². The molecule has 0 aromatic heterocycles. The van der Waals surface area contributed by atoms with Gasteiger partial charge in [0.25, 0.3) is 0 Å². The standard InChI is InChI=1S/C16H24O2/c1-2-13-8-9-16(17)14(12-13)10-11-18-15-6-4-3-5-7-15/h3-7,13-14,16-17H,2,8-12H2,1H3. The number of hydrogen-bond donors (Lipinski definition) is 1. The van der Waals surface area contributed by atoms with Gasteiger partial charge in [-0.25, -0.2) is 0 Å². The minimum atomic E-state index is -0.118. The molecule has 1 aliphatic rings. The fourth-order valence-electron chi connectivity index (χ4n) is 2.87. The van der Waals surface area contributed by atoms with Crippen LogP contribution in [0.3, 0.4) is 0 Å². The minimum absolute atomic E-state index is 0.118. The third kappa shape index (κ3) is 3.74. The molecular formula is C16H24O2. The maximum atomic E-state index is 10.0. The fraction of sp³-hybridized carbons (Fsp3) is 0.625. The molecule has 0 bridgehead atoms. The third-order valence-electron chi connectivity index (χ3n) is 4.13. The SMILES string of the molecule is CCC1CCC(O)C(CCOc2ccccc2)C1. The second-order valence-corrected chi connectivity index (χ2v) is 5.36. The highest BCUT2D eigenvalue weighted by Crippen LogP contribution is 2.33. The van der Waals surface area contributed by atoms with Crippen molar-refractivity contribution in [2.75, 3.05) is 6.61 Å². The molecule has 1 N–H and O–H groups in total. The van der Waals surface area contributed by atoms with Gasteiger partial charge < -0.3 is 9.84 Å². The molecule has 100 valence electrons. The van der Waals surface area contributed by atoms with Crippen LogP contribution in [-0.4, -0.2) is 17.8 Å². The largest absolute Gasteiger partial charge is 0.494 e. The molecule has 1 aliphatic carbocycles. The van der Waals surface area contributed by atoms with Gasteiger partial charge in [0.15, 0.2) is 0 Å². The average Bonchev–Trinajstić information content (AvgIpc) is 2.42. The predicted octanol–water partition coefficient (Wildman–Crippen LogP) is 3.64. The smallest absolute Gasteiger partial charge is 0.119 e. The van der Waals surface area contributed by atoms with Crippen LogP contribution in [0.15, 0.2) is 30.3 Å². The van der Waals surface area contributed by atoms with Crippen LogP contribution in [0.5, 0.6) is 5.75 Å². The Balaban J connectivity index is 1.75. The fourth-order valence-corrected chi connectivity index (χ4v) is 2.87. The van der Waals surface area contributed by atoms with Crippen LogP contribution in [-0.2, 0) is 0 Å². The Hall–Kier alpha value is -1.02. The van der Waals surface area contributed by atoms with E-state index >= 15 is 0 Å². The van der Waals surface area contributed by atoms with Crippen LogP contribution < -0.4 is 4.74 Å². The molecule has 1 saturated carbocycles. The van der Waals surface area contributed by atoms with Crippen LogP contribution in [0.2, 0.25) is 0 Å². The lowest BCUT2D eigenvalue weighted by molar-refractivity contribution is 0.0361. The lowest BCUT2D eigenvalue weighted by Gasteiger charge is -2.32. The molecule has 0 spiro atoms. The highest BCUT2D eigenvalue weighted by Gasteiger charge is 2.27. The van der Waals surface area contributed by atoms with E-state index in [9.17, 15) is 5.11 Å². The number of hydrogen-bond acceptors (Lipinski definition) is 2. The first kappa shape index (κ1) is 13.4. The van der Waals surface area contributed by atoms with Gasteiger partial charge in [0, 0.05) is 0 Å². The number of aliphatic hydroxyl groups is 1. The van der Waals surface area contributed by atoms with Crippen molar-refractivity contribution in [1.29, 1.82) is 0 Å². The van der Waals surface area contributed by atoms with Gasteiger partial charge in [-0.3, -0.25) is 0 Å². The van der Waals surface area contributed by atoms with E-state index in [0.29, 0.717) is 12.5 Å². The van der Waals surface area contributed by atoms with Gasteiger partial charge >= 0.3 is 0 Å². The molecule has 2 heteroatoms. The quantitative estimate of drug-likeness (QED) is 0.862. The average molecular weight is 248 g/mol. The zero-order chi connectivity index (χ0) is 12.8. The van der Waals surface area contributed by atoms with Crippen molar-refractivity contribution in [1.82, 2.24) is 0 Å². The molecule has 2 nitrogen and oxygen atoms in total. The summed E-state index contributed by atoms with van der Waals surface area (Å²) in [5.41, 5.74) is 0. The van der Waals surface area contributed by atoms with Gasteiger partial charge in [0.2, 0.25) is 0 Å². The summed E-state index contributed by atoms with van der Waals surface area (Å²) in [6.45, 7) is 2.96. The molecule has 2 rings (SSSR count). The summed E-state index contributed by atoms with van der Waals surface area (Å²) in [5.74, 6) is 2.15. The van der Waals surface area contributed by atoms with Gasteiger partial charge in [-0.15, -0.1) is 0 Å². The van der Waals surface area contributed by atoms with Crippen molar-refractivity contribution in [3.63, 3.8) is 0 Å². The normalized spacial score (nSPS) is 28.0. The molecule has 1 aromatic rings. The molecule has 0 heterocycles. The van der Waals surface area contributed by atoms with Crippen molar-refractivity contribution in [3.8, 4) is 5.75 Å². The summed E-state index contributed by atoms with van der Waals surface area (Å²) in [7, 11) is 0. The minimum Gasteiger partial charge on any atom is -0.494 e. The molecule has 1 fully saturated rings. The molecule has 0 aliphatic heterocycles. The van der Waals surface area contributed by atoms with E-state index in [0.717, 1.165) is 30.9 Å². The summed E-state index contributed by atoms with van der Waals surface area (Å²) < 4.78 is 5.71. The van der Waals surface area contributed by atoms with E-state index < -0.39 is 0 Å². The van der Waals surface area contributed by atoms with Crippen LogP contribution in [0.1, 0.15) is 39.0 Å². The topological polar surface area (TPSA) is 29.5 Å². The van der Waals surface area contributed by atoms with Crippen molar-refractivity contribution >= 4 is 0 Å². The number of ether oxygens (including phenoxy) is 1. The Kier molecular flexibility index (Phi) is 5.06. The summed E-state index contributed by atoms with van der Waals surface area (Å²) in [6, 6.07) is 9.91. The van der Waals surface area contributed by atoms with Crippen molar-refractivity contribution < 1.29 is 9.84 Å². The Morgan fingerprint density at radius 1 is 1.22 bits per heavy atom. The van der Waals surface area contributed by atoms with Crippen LogP contribution in [0.4, 0.5) is 0 Å².